The topological polar surface area (TPSA) is 67.4 Å². The van der Waals surface area contributed by atoms with Crippen LogP contribution in [0.2, 0.25) is 0 Å². The van der Waals surface area contributed by atoms with Crippen LogP contribution in [0.3, 0.4) is 0 Å². The second-order valence-electron chi connectivity index (χ2n) is 8.76. The summed E-state index contributed by atoms with van der Waals surface area (Å²) in [7, 11) is 2.18. The molecular weight excluding hydrogens is 404 g/mol. The predicted octanol–water partition coefficient (Wildman–Crippen LogP) is 3.29. The number of guanidine groups is 1. The third-order valence-electron chi connectivity index (χ3n) is 5.40. The molecular formula is C25H44N4O3. The van der Waals surface area contributed by atoms with Crippen molar-refractivity contribution in [3.63, 3.8) is 0 Å². The Labute approximate surface area is 194 Å². The Balaban J connectivity index is 1.73. The summed E-state index contributed by atoms with van der Waals surface area (Å²) < 4.78 is 17.1. The molecule has 2 N–H and O–H groups in total. The zero-order valence-corrected chi connectivity index (χ0v) is 20.6. The Bertz CT molecular complexity index is 648. The van der Waals surface area contributed by atoms with Crippen molar-refractivity contribution in [2.45, 2.75) is 52.6 Å². The lowest BCUT2D eigenvalue weighted by molar-refractivity contribution is 0.0392. The van der Waals surface area contributed by atoms with Gasteiger partial charge in [0.15, 0.2) is 5.96 Å². The van der Waals surface area contributed by atoms with E-state index < -0.39 is 0 Å². The summed E-state index contributed by atoms with van der Waals surface area (Å²) >= 11 is 0. The smallest absolute Gasteiger partial charge is 0.191 e. The summed E-state index contributed by atoms with van der Waals surface area (Å²) in [5.41, 5.74) is 1.14. The van der Waals surface area contributed by atoms with Gasteiger partial charge in [0.2, 0.25) is 0 Å². The molecule has 0 aromatic heterocycles. The van der Waals surface area contributed by atoms with E-state index in [2.05, 4.69) is 55.5 Å². The number of ether oxygens (including phenoxy) is 3. The molecule has 1 saturated heterocycles. The Hall–Kier alpha value is -1.83. The molecule has 7 nitrogen and oxygen atoms in total. The first-order valence-electron chi connectivity index (χ1n) is 12.2. The highest BCUT2D eigenvalue weighted by Gasteiger charge is 2.17. The monoisotopic (exact) mass is 448 g/mol. The highest BCUT2D eigenvalue weighted by Crippen LogP contribution is 2.15. The molecule has 32 heavy (non-hydrogen) atoms. The van der Waals surface area contributed by atoms with Crippen LogP contribution in [0.1, 0.15) is 45.6 Å². The van der Waals surface area contributed by atoms with Gasteiger partial charge in [-0.1, -0.05) is 26.0 Å². The Kier molecular flexibility index (Phi) is 13.1. The molecule has 182 valence electrons. The van der Waals surface area contributed by atoms with Gasteiger partial charge in [-0.2, -0.15) is 0 Å². The lowest BCUT2D eigenvalue weighted by atomic mass is 10.1. The largest absolute Gasteiger partial charge is 0.492 e. The van der Waals surface area contributed by atoms with Crippen LogP contribution in [-0.4, -0.2) is 76.6 Å². The van der Waals surface area contributed by atoms with Gasteiger partial charge in [-0.15, -0.1) is 0 Å². The molecule has 1 aromatic rings. The maximum absolute atomic E-state index is 6.02. The number of hydrogen-bond donors (Lipinski definition) is 2. The summed E-state index contributed by atoms with van der Waals surface area (Å²) in [6.07, 6.45) is 3.18. The van der Waals surface area contributed by atoms with Gasteiger partial charge in [0, 0.05) is 52.1 Å². The number of likely N-dealkylation sites (N-methyl/N-ethyl adjacent to an activating group) is 1. The molecule has 1 heterocycles. The van der Waals surface area contributed by atoms with Crippen LogP contribution < -0.4 is 15.4 Å². The average Bonchev–Trinajstić information content (AvgIpc) is 2.80. The van der Waals surface area contributed by atoms with Crippen molar-refractivity contribution in [1.29, 1.82) is 0 Å². The molecule has 0 bridgehead atoms. The van der Waals surface area contributed by atoms with E-state index in [1.165, 1.54) is 0 Å². The fourth-order valence-electron chi connectivity index (χ4n) is 3.56. The normalized spacial score (nSPS) is 15.4. The van der Waals surface area contributed by atoms with Gasteiger partial charge < -0.3 is 24.8 Å². The summed E-state index contributed by atoms with van der Waals surface area (Å²) in [5.74, 6) is 2.31. The molecule has 0 spiro atoms. The van der Waals surface area contributed by atoms with Crippen molar-refractivity contribution in [2.75, 3.05) is 59.7 Å². The SMILES string of the molecule is CCNC(=NCc1cccc(OCCN(C)C2CCOCC2)c1)NCCCOCC(C)C. The molecule has 7 heteroatoms. The Morgan fingerprint density at radius 1 is 1.22 bits per heavy atom. The van der Waals surface area contributed by atoms with E-state index in [-0.39, 0.29) is 0 Å². The number of rotatable bonds is 14. The second kappa shape index (κ2) is 15.9. The van der Waals surface area contributed by atoms with Crippen molar-refractivity contribution < 1.29 is 14.2 Å². The van der Waals surface area contributed by atoms with Gasteiger partial charge in [-0.3, -0.25) is 4.90 Å². The lowest BCUT2D eigenvalue weighted by Crippen LogP contribution is -2.38. The zero-order valence-electron chi connectivity index (χ0n) is 20.6. The zero-order chi connectivity index (χ0) is 23.0. The predicted molar refractivity (Wildman–Crippen MR) is 132 cm³/mol. The van der Waals surface area contributed by atoms with Gasteiger partial charge in [0.05, 0.1) is 6.54 Å². The van der Waals surface area contributed by atoms with E-state index in [0.29, 0.717) is 25.1 Å². The van der Waals surface area contributed by atoms with Gasteiger partial charge in [0.1, 0.15) is 12.4 Å². The van der Waals surface area contributed by atoms with Gasteiger partial charge in [-0.25, -0.2) is 4.99 Å². The van der Waals surface area contributed by atoms with Crippen LogP contribution in [0.25, 0.3) is 0 Å². The molecule has 1 aliphatic heterocycles. The van der Waals surface area contributed by atoms with E-state index in [4.69, 9.17) is 19.2 Å². The highest BCUT2D eigenvalue weighted by molar-refractivity contribution is 5.79. The minimum Gasteiger partial charge on any atom is -0.492 e. The van der Waals surface area contributed by atoms with Crippen molar-refractivity contribution in [3.8, 4) is 5.75 Å². The maximum atomic E-state index is 6.02. The summed E-state index contributed by atoms with van der Waals surface area (Å²) in [6.45, 7) is 13.6. The lowest BCUT2D eigenvalue weighted by Gasteiger charge is -2.31. The average molecular weight is 449 g/mol. The fourth-order valence-corrected chi connectivity index (χ4v) is 3.56. The molecule has 0 aliphatic carbocycles. The molecule has 0 unspecified atom stereocenters. The van der Waals surface area contributed by atoms with Crippen molar-refractivity contribution in [3.05, 3.63) is 29.8 Å². The second-order valence-corrected chi connectivity index (χ2v) is 8.76. The summed E-state index contributed by atoms with van der Waals surface area (Å²) in [4.78, 5) is 7.11. The number of nitrogens with one attached hydrogen (secondary N) is 2. The molecule has 1 aliphatic rings. The van der Waals surface area contributed by atoms with E-state index in [1.807, 2.05) is 12.1 Å². The summed E-state index contributed by atoms with van der Waals surface area (Å²) in [5, 5.41) is 6.69. The quantitative estimate of drug-likeness (QED) is 0.259. The van der Waals surface area contributed by atoms with E-state index in [9.17, 15) is 0 Å². The van der Waals surface area contributed by atoms with Crippen LogP contribution in [0.15, 0.2) is 29.3 Å². The van der Waals surface area contributed by atoms with Gasteiger partial charge in [-0.05, 0) is 56.8 Å². The van der Waals surface area contributed by atoms with Crippen molar-refractivity contribution >= 4 is 5.96 Å². The molecule has 0 atom stereocenters. The van der Waals surface area contributed by atoms with Crippen LogP contribution in [0, 0.1) is 5.92 Å². The number of benzene rings is 1. The third kappa shape index (κ3) is 11.2. The first kappa shape index (κ1) is 26.4. The Morgan fingerprint density at radius 2 is 2.03 bits per heavy atom. The minimum atomic E-state index is 0.578. The van der Waals surface area contributed by atoms with Crippen LogP contribution >= 0.6 is 0 Å². The van der Waals surface area contributed by atoms with Crippen molar-refractivity contribution in [1.82, 2.24) is 15.5 Å². The minimum absolute atomic E-state index is 0.578. The van der Waals surface area contributed by atoms with Crippen LogP contribution in [0.4, 0.5) is 0 Å². The third-order valence-corrected chi connectivity index (χ3v) is 5.40. The number of aliphatic imine (C=N–C) groups is 1. The molecule has 2 rings (SSSR count). The first-order valence-corrected chi connectivity index (χ1v) is 12.2. The van der Waals surface area contributed by atoms with E-state index in [1.54, 1.807) is 0 Å². The maximum Gasteiger partial charge on any atom is 0.191 e. The molecule has 0 amide bonds. The van der Waals surface area contributed by atoms with Crippen LogP contribution in [-0.2, 0) is 16.0 Å². The number of nitrogens with zero attached hydrogens (tertiary/aromatic N) is 2. The van der Waals surface area contributed by atoms with Crippen LogP contribution in [0.5, 0.6) is 5.75 Å². The first-order chi connectivity index (χ1) is 15.6. The standard InChI is InChI=1S/C25H44N4O3/c1-5-26-25(27-12-7-14-31-20-21(2)3)28-19-22-8-6-9-24(18-22)32-17-13-29(4)23-10-15-30-16-11-23/h6,8-9,18,21,23H,5,7,10-17,19-20H2,1-4H3,(H2,26,27,28). The Morgan fingerprint density at radius 3 is 2.78 bits per heavy atom. The molecule has 0 radical (unpaired) electrons. The fraction of sp³-hybridized carbons (Fsp3) is 0.720. The molecule has 1 aromatic carbocycles. The van der Waals surface area contributed by atoms with E-state index in [0.717, 1.165) is 82.6 Å². The van der Waals surface area contributed by atoms with E-state index >= 15 is 0 Å². The van der Waals surface area contributed by atoms with Crippen molar-refractivity contribution in [2.24, 2.45) is 10.9 Å². The van der Waals surface area contributed by atoms with Gasteiger partial charge >= 0.3 is 0 Å². The number of hydrogen-bond acceptors (Lipinski definition) is 5. The molecule has 1 fully saturated rings. The molecule has 0 saturated carbocycles. The van der Waals surface area contributed by atoms with Gasteiger partial charge in [0.25, 0.3) is 0 Å². The highest BCUT2D eigenvalue weighted by atomic mass is 16.5. The summed E-state index contributed by atoms with van der Waals surface area (Å²) in [6, 6.07) is 8.83.